The molecule has 1 unspecified atom stereocenters. The molecule has 3 rings (SSSR count). The lowest BCUT2D eigenvalue weighted by Crippen LogP contribution is -2.12. The molecule has 2 N–H and O–H groups in total. The van der Waals surface area contributed by atoms with Crippen LogP contribution < -0.4 is 5.73 Å². The van der Waals surface area contributed by atoms with Crippen LogP contribution in [-0.4, -0.2) is 0 Å². The number of hydrogen-bond acceptors (Lipinski definition) is 1. The zero-order valence-corrected chi connectivity index (χ0v) is 12.1. The van der Waals surface area contributed by atoms with Gasteiger partial charge in [0, 0.05) is 5.02 Å². The number of rotatable bonds is 2. The van der Waals surface area contributed by atoms with Gasteiger partial charge in [-0.15, -0.1) is 0 Å². The Morgan fingerprint density at radius 2 is 1.70 bits per heavy atom. The summed E-state index contributed by atoms with van der Waals surface area (Å²) in [6.07, 6.45) is 0. The Hall–Kier alpha value is -1.83. The van der Waals surface area contributed by atoms with E-state index in [1.807, 2.05) is 31.2 Å². The monoisotopic (exact) mass is 281 g/mol. The first kappa shape index (κ1) is 13.2. The second kappa shape index (κ2) is 5.28. The van der Waals surface area contributed by atoms with E-state index in [1.54, 1.807) is 0 Å². The number of aryl methyl sites for hydroxylation is 1. The summed E-state index contributed by atoms with van der Waals surface area (Å²) >= 11 is 6.09. The van der Waals surface area contributed by atoms with Crippen molar-refractivity contribution in [3.8, 4) is 0 Å². The molecule has 0 radical (unpaired) electrons. The Kier molecular flexibility index (Phi) is 3.47. The van der Waals surface area contributed by atoms with Crippen LogP contribution in [-0.2, 0) is 0 Å². The molecule has 0 fully saturated rings. The zero-order chi connectivity index (χ0) is 14.1. The highest BCUT2D eigenvalue weighted by molar-refractivity contribution is 6.31. The minimum Gasteiger partial charge on any atom is -0.320 e. The van der Waals surface area contributed by atoms with E-state index in [-0.39, 0.29) is 6.04 Å². The van der Waals surface area contributed by atoms with E-state index in [0.717, 1.165) is 21.7 Å². The maximum atomic E-state index is 6.46. The van der Waals surface area contributed by atoms with Crippen LogP contribution >= 0.6 is 11.6 Å². The molecule has 100 valence electrons. The molecule has 0 amide bonds. The summed E-state index contributed by atoms with van der Waals surface area (Å²) in [6.45, 7) is 2.00. The molecule has 0 aliphatic rings. The van der Waals surface area contributed by atoms with E-state index in [2.05, 4.69) is 36.4 Å². The molecule has 20 heavy (non-hydrogen) atoms. The fourth-order valence-electron chi connectivity index (χ4n) is 2.56. The van der Waals surface area contributed by atoms with Crippen LogP contribution in [0.3, 0.4) is 0 Å². The first-order valence-corrected chi connectivity index (χ1v) is 7.04. The fourth-order valence-corrected chi connectivity index (χ4v) is 2.68. The van der Waals surface area contributed by atoms with Crippen molar-refractivity contribution in [3.05, 3.63) is 82.4 Å². The highest BCUT2D eigenvalue weighted by Gasteiger charge is 2.12. The van der Waals surface area contributed by atoms with Gasteiger partial charge in [-0.25, -0.2) is 0 Å². The number of halogens is 1. The van der Waals surface area contributed by atoms with Crippen molar-refractivity contribution in [1.29, 1.82) is 0 Å². The predicted octanol–water partition coefficient (Wildman–Crippen LogP) is 4.85. The standard InChI is InChI=1S/C18H16ClN/c1-12-11-14(9-10-17(12)19)18(20)16-8-4-6-13-5-2-3-7-15(13)16/h2-11,18H,20H2,1H3. The summed E-state index contributed by atoms with van der Waals surface area (Å²) in [4.78, 5) is 0. The van der Waals surface area contributed by atoms with Gasteiger partial charge >= 0.3 is 0 Å². The molecule has 0 spiro atoms. The summed E-state index contributed by atoms with van der Waals surface area (Å²) in [5.41, 5.74) is 9.74. The second-order valence-corrected chi connectivity index (χ2v) is 5.46. The molecule has 0 saturated heterocycles. The highest BCUT2D eigenvalue weighted by Crippen LogP contribution is 2.29. The van der Waals surface area contributed by atoms with E-state index in [0.29, 0.717) is 0 Å². The molecule has 0 saturated carbocycles. The Morgan fingerprint density at radius 3 is 2.50 bits per heavy atom. The van der Waals surface area contributed by atoms with E-state index in [1.165, 1.54) is 10.8 Å². The zero-order valence-electron chi connectivity index (χ0n) is 11.3. The Bertz CT molecular complexity index is 759. The van der Waals surface area contributed by atoms with Gasteiger partial charge in [-0.05, 0) is 40.5 Å². The van der Waals surface area contributed by atoms with Gasteiger partial charge in [-0.2, -0.15) is 0 Å². The Balaban J connectivity index is 2.12. The number of fused-ring (bicyclic) bond motifs is 1. The van der Waals surface area contributed by atoms with Crippen molar-refractivity contribution in [3.63, 3.8) is 0 Å². The van der Waals surface area contributed by atoms with Crippen molar-refractivity contribution < 1.29 is 0 Å². The lowest BCUT2D eigenvalue weighted by atomic mass is 9.94. The maximum Gasteiger partial charge on any atom is 0.0557 e. The lowest BCUT2D eigenvalue weighted by molar-refractivity contribution is 0.879. The number of hydrogen-bond donors (Lipinski definition) is 1. The largest absolute Gasteiger partial charge is 0.320 e. The van der Waals surface area contributed by atoms with E-state index in [9.17, 15) is 0 Å². The van der Waals surface area contributed by atoms with Crippen LogP contribution in [0.2, 0.25) is 5.02 Å². The number of nitrogens with two attached hydrogens (primary N) is 1. The molecule has 3 aromatic rings. The lowest BCUT2D eigenvalue weighted by Gasteiger charge is -2.16. The summed E-state index contributed by atoms with van der Waals surface area (Å²) < 4.78 is 0. The highest BCUT2D eigenvalue weighted by atomic mass is 35.5. The molecule has 1 atom stereocenters. The third-order valence-electron chi connectivity index (χ3n) is 3.70. The van der Waals surface area contributed by atoms with Gasteiger partial charge in [0.1, 0.15) is 0 Å². The number of benzene rings is 3. The van der Waals surface area contributed by atoms with Crippen molar-refractivity contribution in [2.75, 3.05) is 0 Å². The van der Waals surface area contributed by atoms with Gasteiger partial charge in [-0.1, -0.05) is 66.2 Å². The molecule has 3 aromatic carbocycles. The molecule has 0 aliphatic carbocycles. The van der Waals surface area contributed by atoms with Gasteiger partial charge in [0.05, 0.1) is 6.04 Å². The molecule has 0 heterocycles. The predicted molar refractivity (Wildman–Crippen MR) is 86.2 cm³/mol. The molecular weight excluding hydrogens is 266 g/mol. The smallest absolute Gasteiger partial charge is 0.0557 e. The fraction of sp³-hybridized carbons (Fsp3) is 0.111. The molecular formula is C18H16ClN. The minimum atomic E-state index is -0.142. The summed E-state index contributed by atoms with van der Waals surface area (Å²) in [7, 11) is 0. The van der Waals surface area contributed by atoms with Crippen LogP contribution in [0.4, 0.5) is 0 Å². The van der Waals surface area contributed by atoms with Crippen LogP contribution in [0.15, 0.2) is 60.7 Å². The Morgan fingerprint density at radius 1 is 0.950 bits per heavy atom. The average Bonchev–Trinajstić information content (AvgIpc) is 2.49. The van der Waals surface area contributed by atoms with Crippen LogP contribution in [0, 0.1) is 6.92 Å². The SMILES string of the molecule is Cc1cc(C(N)c2cccc3ccccc23)ccc1Cl. The maximum absolute atomic E-state index is 6.46. The quantitative estimate of drug-likeness (QED) is 0.714. The molecule has 1 nitrogen and oxygen atoms in total. The summed E-state index contributed by atoms with van der Waals surface area (Å²) in [5.74, 6) is 0. The van der Waals surface area contributed by atoms with Gasteiger partial charge < -0.3 is 5.73 Å². The average molecular weight is 282 g/mol. The van der Waals surface area contributed by atoms with Crippen molar-refractivity contribution in [1.82, 2.24) is 0 Å². The first-order valence-electron chi connectivity index (χ1n) is 6.66. The van der Waals surface area contributed by atoms with Gasteiger partial charge in [0.25, 0.3) is 0 Å². The van der Waals surface area contributed by atoms with Crippen molar-refractivity contribution in [2.24, 2.45) is 5.73 Å². The van der Waals surface area contributed by atoms with E-state index >= 15 is 0 Å². The summed E-state index contributed by atoms with van der Waals surface area (Å²) in [6, 6.07) is 20.4. The molecule has 0 aliphatic heterocycles. The van der Waals surface area contributed by atoms with Gasteiger partial charge in [-0.3, -0.25) is 0 Å². The second-order valence-electron chi connectivity index (χ2n) is 5.05. The van der Waals surface area contributed by atoms with Crippen molar-refractivity contribution in [2.45, 2.75) is 13.0 Å². The van der Waals surface area contributed by atoms with Crippen LogP contribution in [0.25, 0.3) is 10.8 Å². The topological polar surface area (TPSA) is 26.0 Å². The van der Waals surface area contributed by atoms with Gasteiger partial charge in [0.15, 0.2) is 0 Å². The van der Waals surface area contributed by atoms with Crippen molar-refractivity contribution >= 4 is 22.4 Å². The third-order valence-corrected chi connectivity index (χ3v) is 4.12. The minimum absolute atomic E-state index is 0.142. The Labute approximate surface area is 124 Å². The van der Waals surface area contributed by atoms with Gasteiger partial charge in [0.2, 0.25) is 0 Å². The first-order chi connectivity index (χ1) is 9.66. The van der Waals surface area contributed by atoms with Crippen LogP contribution in [0.5, 0.6) is 0 Å². The third kappa shape index (κ3) is 2.31. The molecule has 2 heteroatoms. The van der Waals surface area contributed by atoms with Crippen LogP contribution in [0.1, 0.15) is 22.7 Å². The van der Waals surface area contributed by atoms with E-state index in [4.69, 9.17) is 17.3 Å². The summed E-state index contributed by atoms with van der Waals surface area (Å²) in [5, 5.41) is 3.19. The molecule has 0 bridgehead atoms. The normalized spacial score (nSPS) is 12.6. The van der Waals surface area contributed by atoms with E-state index < -0.39 is 0 Å². The molecule has 0 aromatic heterocycles.